The number of nitrogens with one attached hydrogen (secondary N) is 1. The molecular weight excluding hydrogens is 280 g/mol. The van der Waals surface area contributed by atoms with Crippen molar-refractivity contribution in [3.8, 4) is 11.5 Å². The molecule has 0 radical (unpaired) electrons. The van der Waals surface area contributed by atoms with Crippen molar-refractivity contribution in [2.75, 3.05) is 34.4 Å². The Balaban J connectivity index is 1.92. The van der Waals surface area contributed by atoms with Crippen LogP contribution in [0.4, 0.5) is 0 Å². The Bertz CT molecular complexity index is 476. The van der Waals surface area contributed by atoms with E-state index < -0.39 is 0 Å². The fraction of sp³-hybridized carbons (Fsp3) is 0.588. The van der Waals surface area contributed by atoms with E-state index in [1.54, 1.807) is 14.2 Å². The number of ether oxygens (including phenoxy) is 2. The first-order chi connectivity index (χ1) is 10.6. The number of carbonyl (C=O) groups is 1. The minimum absolute atomic E-state index is 0.202. The van der Waals surface area contributed by atoms with Crippen molar-refractivity contribution in [1.82, 2.24) is 10.2 Å². The van der Waals surface area contributed by atoms with E-state index >= 15 is 0 Å². The zero-order valence-electron chi connectivity index (χ0n) is 13.7. The van der Waals surface area contributed by atoms with Gasteiger partial charge in [-0.1, -0.05) is 0 Å². The van der Waals surface area contributed by atoms with Gasteiger partial charge in [-0.3, -0.25) is 4.79 Å². The lowest BCUT2D eigenvalue weighted by atomic mass is 10.0. The van der Waals surface area contributed by atoms with Crippen LogP contribution in [-0.4, -0.2) is 51.2 Å². The van der Waals surface area contributed by atoms with Crippen LogP contribution in [0.2, 0.25) is 0 Å². The molecule has 1 N–H and O–H groups in total. The third-order valence-electron chi connectivity index (χ3n) is 4.29. The van der Waals surface area contributed by atoms with Crippen molar-refractivity contribution < 1.29 is 14.3 Å². The Kier molecular flexibility index (Phi) is 6.07. The Morgan fingerprint density at radius 1 is 1.18 bits per heavy atom. The second-order valence-corrected chi connectivity index (χ2v) is 5.71. The summed E-state index contributed by atoms with van der Waals surface area (Å²) in [5.74, 6) is 1.72. The van der Waals surface area contributed by atoms with Gasteiger partial charge in [0.05, 0.1) is 14.2 Å². The normalized spacial score (nSPS) is 15.4. The molecule has 1 fully saturated rings. The molecule has 1 saturated heterocycles. The quantitative estimate of drug-likeness (QED) is 0.871. The predicted molar refractivity (Wildman–Crippen MR) is 86.5 cm³/mol. The monoisotopic (exact) mass is 306 g/mol. The molecule has 122 valence electrons. The van der Waals surface area contributed by atoms with Crippen LogP contribution in [-0.2, 0) is 11.2 Å². The molecule has 0 saturated carbocycles. The van der Waals surface area contributed by atoms with Crippen molar-refractivity contribution in [2.45, 2.75) is 31.7 Å². The molecular formula is C17H26N2O3. The van der Waals surface area contributed by atoms with Gasteiger partial charge in [0.25, 0.3) is 0 Å². The maximum absolute atomic E-state index is 12.4. The highest BCUT2D eigenvalue weighted by Crippen LogP contribution is 2.23. The van der Waals surface area contributed by atoms with Crippen molar-refractivity contribution in [1.29, 1.82) is 0 Å². The minimum Gasteiger partial charge on any atom is -0.497 e. The summed E-state index contributed by atoms with van der Waals surface area (Å²) >= 11 is 0. The summed E-state index contributed by atoms with van der Waals surface area (Å²) in [6.07, 6.45) is 3.28. The largest absolute Gasteiger partial charge is 0.497 e. The number of piperidine rings is 1. The lowest BCUT2D eigenvalue weighted by molar-refractivity contribution is -0.132. The third kappa shape index (κ3) is 4.37. The van der Waals surface area contributed by atoms with Crippen LogP contribution in [0.15, 0.2) is 18.2 Å². The second-order valence-electron chi connectivity index (χ2n) is 5.71. The number of rotatable bonds is 6. The minimum atomic E-state index is 0.202. The summed E-state index contributed by atoms with van der Waals surface area (Å²) in [4.78, 5) is 14.3. The molecule has 1 amide bonds. The van der Waals surface area contributed by atoms with Crippen LogP contribution < -0.4 is 14.8 Å². The predicted octanol–water partition coefficient (Wildman–Crippen LogP) is 1.85. The molecule has 5 nitrogen and oxygen atoms in total. The molecule has 1 heterocycles. The van der Waals surface area contributed by atoms with Crippen LogP contribution in [0, 0.1) is 0 Å². The average Bonchev–Trinajstić information content (AvgIpc) is 2.59. The third-order valence-corrected chi connectivity index (χ3v) is 4.29. The topological polar surface area (TPSA) is 50.8 Å². The van der Waals surface area contributed by atoms with E-state index in [0.29, 0.717) is 18.9 Å². The number of methoxy groups -OCH3 is 2. The van der Waals surface area contributed by atoms with Gasteiger partial charge in [-0.25, -0.2) is 0 Å². The van der Waals surface area contributed by atoms with Crippen LogP contribution in [0.25, 0.3) is 0 Å². The molecule has 0 unspecified atom stereocenters. The van der Waals surface area contributed by atoms with Gasteiger partial charge in [-0.05, 0) is 50.0 Å². The number of amides is 1. The molecule has 22 heavy (non-hydrogen) atoms. The number of carbonyl (C=O) groups excluding carboxylic acids is 1. The van der Waals surface area contributed by atoms with Gasteiger partial charge in [0.2, 0.25) is 5.91 Å². The highest BCUT2D eigenvalue weighted by molar-refractivity contribution is 5.76. The average molecular weight is 306 g/mol. The summed E-state index contributed by atoms with van der Waals surface area (Å²) in [6.45, 7) is 1.99. The maximum atomic E-state index is 12.4. The number of aryl methyl sites for hydroxylation is 1. The first-order valence-electron chi connectivity index (χ1n) is 7.82. The Morgan fingerprint density at radius 2 is 1.77 bits per heavy atom. The van der Waals surface area contributed by atoms with E-state index in [-0.39, 0.29) is 5.91 Å². The summed E-state index contributed by atoms with van der Waals surface area (Å²) in [5.41, 5.74) is 1.06. The van der Waals surface area contributed by atoms with E-state index in [2.05, 4.69) is 5.32 Å². The smallest absolute Gasteiger partial charge is 0.222 e. The summed E-state index contributed by atoms with van der Waals surface area (Å²) in [7, 11) is 5.19. The van der Waals surface area contributed by atoms with Gasteiger partial charge in [0, 0.05) is 25.6 Å². The van der Waals surface area contributed by atoms with Gasteiger partial charge < -0.3 is 19.7 Å². The highest BCUT2D eigenvalue weighted by Gasteiger charge is 2.21. The number of nitrogens with zero attached hydrogens (tertiary/aromatic N) is 1. The fourth-order valence-electron chi connectivity index (χ4n) is 2.84. The first-order valence-corrected chi connectivity index (χ1v) is 7.82. The summed E-state index contributed by atoms with van der Waals surface area (Å²) in [5, 5.41) is 3.33. The Morgan fingerprint density at radius 3 is 2.32 bits per heavy atom. The molecule has 0 aliphatic carbocycles. The fourth-order valence-corrected chi connectivity index (χ4v) is 2.84. The van der Waals surface area contributed by atoms with E-state index in [1.165, 1.54) is 0 Å². The van der Waals surface area contributed by atoms with Crippen molar-refractivity contribution in [3.63, 3.8) is 0 Å². The first kappa shape index (κ1) is 16.6. The van der Waals surface area contributed by atoms with Gasteiger partial charge in [0.15, 0.2) is 0 Å². The van der Waals surface area contributed by atoms with Crippen molar-refractivity contribution in [2.24, 2.45) is 0 Å². The second kappa shape index (κ2) is 8.03. The van der Waals surface area contributed by atoms with E-state index in [4.69, 9.17) is 9.47 Å². The van der Waals surface area contributed by atoms with Crippen LogP contribution in [0.1, 0.15) is 24.8 Å². The van der Waals surface area contributed by atoms with Gasteiger partial charge in [0.1, 0.15) is 11.5 Å². The molecule has 1 aliphatic heterocycles. The highest BCUT2D eigenvalue weighted by atomic mass is 16.5. The number of hydrogen-bond acceptors (Lipinski definition) is 4. The van der Waals surface area contributed by atoms with Gasteiger partial charge in [-0.15, -0.1) is 0 Å². The van der Waals surface area contributed by atoms with Gasteiger partial charge in [-0.2, -0.15) is 0 Å². The zero-order valence-corrected chi connectivity index (χ0v) is 13.7. The van der Waals surface area contributed by atoms with Gasteiger partial charge >= 0.3 is 0 Å². The molecule has 1 aromatic carbocycles. The molecule has 0 aromatic heterocycles. The van der Waals surface area contributed by atoms with Crippen LogP contribution in [0.3, 0.4) is 0 Å². The zero-order chi connectivity index (χ0) is 15.9. The molecule has 0 spiro atoms. The molecule has 5 heteroatoms. The Hall–Kier alpha value is -1.75. The number of benzene rings is 1. The molecule has 0 bridgehead atoms. The molecule has 0 atom stereocenters. The van der Waals surface area contributed by atoms with E-state index in [1.807, 2.05) is 30.1 Å². The molecule has 2 rings (SSSR count). The number of hydrogen-bond donors (Lipinski definition) is 1. The van der Waals surface area contributed by atoms with Crippen LogP contribution >= 0.6 is 0 Å². The Labute approximate surface area is 132 Å². The SMILES string of the molecule is COc1cc(CCC(=O)N(C)C2CCNCC2)cc(OC)c1. The summed E-state index contributed by atoms with van der Waals surface area (Å²) < 4.78 is 10.5. The lowest BCUT2D eigenvalue weighted by Crippen LogP contribution is -2.44. The lowest BCUT2D eigenvalue weighted by Gasteiger charge is -2.31. The summed E-state index contributed by atoms with van der Waals surface area (Å²) in [6, 6.07) is 6.13. The van der Waals surface area contributed by atoms with Crippen molar-refractivity contribution >= 4 is 5.91 Å². The van der Waals surface area contributed by atoms with E-state index in [0.717, 1.165) is 43.0 Å². The molecule has 1 aromatic rings. The standard InChI is InChI=1S/C17H26N2O3/c1-19(14-6-8-18-9-7-14)17(20)5-4-13-10-15(21-2)12-16(11-13)22-3/h10-12,14,18H,4-9H2,1-3H3. The van der Waals surface area contributed by atoms with Crippen molar-refractivity contribution in [3.05, 3.63) is 23.8 Å². The maximum Gasteiger partial charge on any atom is 0.222 e. The molecule has 1 aliphatic rings. The van der Waals surface area contributed by atoms with E-state index in [9.17, 15) is 4.79 Å². The van der Waals surface area contributed by atoms with Crippen LogP contribution in [0.5, 0.6) is 11.5 Å².